The maximum Gasteiger partial charge on any atom is 0.335 e. The number of ether oxygens (including phenoxy) is 1. The molecule has 0 radical (unpaired) electrons. The number of rotatable bonds is 6. The average Bonchev–Trinajstić information content (AvgIpc) is 2.59. The first-order valence-corrected chi connectivity index (χ1v) is 7.62. The van der Waals surface area contributed by atoms with Crippen molar-refractivity contribution in [2.75, 3.05) is 12.4 Å². The van der Waals surface area contributed by atoms with Gasteiger partial charge in [-0.1, -0.05) is 11.6 Å². The van der Waals surface area contributed by atoms with Crippen LogP contribution in [0.4, 0.5) is 5.69 Å². The van der Waals surface area contributed by atoms with E-state index in [0.29, 0.717) is 16.3 Å². The molecule has 134 valence electrons. The van der Waals surface area contributed by atoms with Gasteiger partial charge in [0, 0.05) is 22.3 Å². The molecule has 2 rings (SSSR count). The van der Waals surface area contributed by atoms with Gasteiger partial charge in [0.1, 0.15) is 5.75 Å². The van der Waals surface area contributed by atoms with Crippen molar-refractivity contribution >= 4 is 41.2 Å². The summed E-state index contributed by atoms with van der Waals surface area (Å²) in [5, 5.41) is 21.0. The molecule has 0 aliphatic carbocycles. The van der Waals surface area contributed by atoms with Crippen LogP contribution in [-0.2, 0) is 4.79 Å². The molecule has 8 heteroatoms. The summed E-state index contributed by atoms with van der Waals surface area (Å²) in [7, 11) is 1.48. The van der Waals surface area contributed by atoms with Crippen LogP contribution in [0.3, 0.4) is 0 Å². The zero-order valence-electron chi connectivity index (χ0n) is 13.5. The number of carbonyl (C=O) groups is 3. The Labute approximate surface area is 153 Å². The first kappa shape index (κ1) is 19.0. The number of aromatic carboxylic acids is 2. The molecule has 2 aromatic rings. The molecule has 0 aliphatic rings. The lowest BCUT2D eigenvalue weighted by atomic mass is 10.1. The Hall–Kier alpha value is -3.32. The summed E-state index contributed by atoms with van der Waals surface area (Å²) >= 11 is 5.91. The summed E-state index contributed by atoms with van der Waals surface area (Å²) in [4.78, 5) is 34.2. The largest absolute Gasteiger partial charge is 0.496 e. The molecular formula is C18H14ClNO6. The highest BCUT2D eigenvalue weighted by Crippen LogP contribution is 2.24. The zero-order valence-corrected chi connectivity index (χ0v) is 14.3. The molecule has 2 aromatic carbocycles. The van der Waals surface area contributed by atoms with E-state index < -0.39 is 17.8 Å². The van der Waals surface area contributed by atoms with Gasteiger partial charge in [-0.2, -0.15) is 0 Å². The summed E-state index contributed by atoms with van der Waals surface area (Å²) in [5.41, 5.74) is 0.122. The third-order valence-corrected chi connectivity index (χ3v) is 3.54. The molecule has 0 unspecified atom stereocenters. The van der Waals surface area contributed by atoms with E-state index in [1.807, 2.05) is 0 Å². The predicted molar refractivity (Wildman–Crippen MR) is 96.0 cm³/mol. The number of carboxylic acids is 2. The molecule has 0 spiro atoms. The molecule has 0 saturated heterocycles. The SMILES string of the molecule is COc1ccc(Cl)cc1/C=C/C(=O)Nc1cc(C(=O)O)cc(C(=O)O)c1. The number of halogens is 1. The summed E-state index contributed by atoms with van der Waals surface area (Å²) < 4.78 is 5.16. The van der Waals surface area contributed by atoms with Crippen molar-refractivity contribution in [1.82, 2.24) is 0 Å². The van der Waals surface area contributed by atoms with Gasteiger partial charge in [-0.25, -0.2) is 9.59 Å². The Kier molecular flexibility index (Phi) is 5.98. The molecule has 7 nitrogen and oxygen atoms in total. The fraction of sp³-hybridized carbons (Fsp3) is 0.0556. The van der Waals surface area contributed by atoms with E-state index in [1.165, 1.54) is 31.4 Å². The second-order valence-corrected chi connectivity index (χ2v) is 5.55. The molecular weight excluding hydrogens is 362 g/mol. The summed E-state index contributed by atoms with van der Waals surface area (Å²) in [6.45, 7) is 0. The van der Waals surface area contributed by atoms with Crippen LogP contribution in [0.5, 0.6) is 5.75 Å². The van der Waals surface area contributed by atoms with Crippen LogP contribution in [0.1, 0.15) is 26.3 Å². The molecule has 0 aromatic heterocycles. The number of benzene rings is 2. The van der Waals surface area contributed by atoms with Crippen LogP contribution in [-0.4, -0.2) is 35.2 Å². The van der Waals surface area contributed by atoms with Crippen molar-refractivity contribution in [2.45, 2.75) is 0 Å². The van der Waals surface area contributed by atoms with Gasteiger partial charge in [-0.15, -0.1) is 0 Å². The molecule has 0 bridgehead atoms. The van der Waals surface area contributed by atoms with Crippen LogP contribution < -0.4 is 10.1 Å². The fourth-order valence-corrected chi connectivity index (χ4v) is 2.31. The van der Waals surface area contributed by atoms with E-state index >= 15 is 0 Å². The van der Waals surface area contributed by atoms with Crippen molar-refractivity contribution in [3.63, 3.8) is 0 Å². The van der Waals surface area contributed by atoms with E-state index in [4.69, 9.17) is 26.6 Å². The Bertz CT molecular complexity index is 874. The van der Waals surface area contributed by atoms with Crippen molar-refractivity contribution in [3.8, 4) is 5.75 Å². The van der Waals surface area contributed by atoms with Gasteiger partial charge < -0.3 is 20.3 Å². The number of hydrogen-bond donors (Lipinski definition) is 3. The van der Waals surface area contributed by atoms with Crippen LogP contribution in [0.2, 0.25) is 5.02 Å². The van der Waals surface area contributed by atoms with Gasteiger partial charge in [0.05, 0.1) is 18.2 Å². The number of carbonyl (C=O) groups excluding carboxylic acids is 1. The van der Waals surface area contributed by atoms with Gasteiger partial charge in [0.2, 0.25) is 5.91 Å². The van der Waals surface area contributed by atoms with Gasteiger partial charge in [-0.05, 0) is 42.5 Å². The van der Waals surface area contributed by atoms with Gasteiger partial charge in [-0.3, -0.25) is 4.79 Å². The lowest BCUT2D eigenvalue weighted by molar-refractivity contribution is -0.111. The third-order valence-electron chi connectivity index (χ3n) is 3.30. The third kappa shape index (κ3) is 4.84. The van der Waals surface area contributed by atoms with Crippen molar-refractivity contribution in [1.29, 1.82) is 0 Å². The van der Waals surface area contributed by atoms with Crippen LogP contribution >= 0.6 is 11.6 Å². The quantitative estimate of drug-likeness (QED) is 0.667. The Balaban J connectivity index is 2.23. The Morgan fingerprint density at radius 1 is 1.04 bits per heavy atom. The molecule has 0 fully saturated rings. The minimum absolute atomic E-state index is 0.0509. The highest BCUT2D eigenvalue weighted by Gasteiger charge is 2.12. The molecule has 1 amide bonds. The minimum atomic E-state index is -1.30. The summed E-state index contributed by atoms with van der Waals surface area (Å²) in [5.74, 6) is -2.67. The van der Waals surface area contributed by atoms with Crippen LogP contribution in [0.15, 0.2) is 42.5 Å². The molecule has 0 aliphatic heterocycles. The van der Waals surface area contributed by atoms with Gasteiger partial charge in [0.15, 0.2) is 0 Å². The summed E-state index contributed by atoms with van der Waals surface area (Å²) in [6.07, 6.45) is 2.67. The predicted octanol–water partition coefficient (Wildman–Crippen LogP) is 3.40. The highest BCUT2D eigenvalue weighted by atomic mass is 35.5. The zero-order chi connectivity index (χ0) is 19.3. The average molecular weight is 376 g/mol. The second-order valence-electron chi connectivity index (χ2n) is 5.12. The normalized spacial score (nSPS) is 10.5. The number of methoxy groups -OCH3 is 1. The monoisotopic (exact) mass is 375 g/mol. The first-order valence-electron chi connectivity index (χ1n) is 7.24. The number of nitrogens with one attached hydrogen (secondary N) is 1. The highest BCUT2D eigenvalue weighted by molar-refractivity contribution is 6.30. The van der Waals surface area contributed by atoms with Crippen molar-refractivity contribution < 1.29 is 29.3 Å². The smallest absolute Gasteiger partial charge is 0.335 e. The standard InChI is InChI=1S/C18H14ClNO6/c1-26-15-4-3-13(19)7-10(15)2-5-16(21)20-14-8-11(17(22)23)6-12(9-14)18(24)25/h2-9H,1H3,(H,20,21)(H,22,23)(H,24,25)/b5-2+. The van der Waals surface area contributed by atoms with Crippen molar-refractivity contribution in [2.24, 2.45) is 0 Å². The maximum absolute atomic E-state index is 12.1. The number of hydrogen-bond acceptors (Lipinski definition) is 4. The van der Waals surface area contributed by atoms with Gasteiger partial charge in [0.25, 0.3) is 0 Å². The minimum Gasteiger partial charge on any atom is -0.496 e. The molecule has 3 N–H and O–H groups in total. The fourth-order valence-electron chi connectivity index (χ4n) is 2.13. The Morgan fingerprint density at radius 3 is 2.19 bits per heavy atom. The van der Waals surface area contributed by atoms with E-state index in [9.17, 15) is 14.4 Å². The second kappa shape index (κ2) is 8.17. The number of carboxylic acid groups (broad SMARTS) is 2. The van der Waals surface area contributed by atoms with Crippen molar-refractivity contribution in [3.05, 3.63) is 64.2 Å². The lowest BCUT2D eigenvalue weighted by Gasteiger charge is -2.07. The molecule has 26 heavy (non-hydrogen) atoms. The molecule has 0 heterocycles. The topological polar surface area (TPSA) is 113 Å². The van der Waals surface area contributed by atoms with E-state index in [1.54, 1.807) is 18.2 Å². The first-order chi connectivity index (χ1) is 12.3. The lowest BCUT2D eigenvalue weighted by Crippen LogP contribution is -2.10. The molecule has 0 atom stereocenters. The summed E-state index contributed by atoms with van der Waals surface area (Å²) in [6, 6.07) is 8.24. The van der Waals surface area contributed by atoms with Crippen LogP contribution in [0.25, 0.3) is 6.08 Å². The maximum atomic E-state index is 12.1. The van der Waals surface area contributed by atoms with E-state index in [-0.39, 0.29) is 16.8 Å². The van der Waals surface area contributed by atoms with Gasteiger partial charge >= 0.3 is 11.9 Å². The molecule has 0 saturated carbocycles. The van der Waals surface area contributed by atoms with E-state index in [2.05, 4.69) is 5.32 Å². The van der Waals surface area contributed by atoms with Crippen LogP contribution in [0, 0.1) is 0 Å². The van der Waals surface area contributed by atoms with E-state index in [0.717, 1.165) is 6.07 Å². The number of amides is 1. The Morgan fingerprint density at radius 2 is 1.65 bits per heavy atom. The number of anilines is 1.